The van der Waals surface area contributed by atoms with Crippen LogP contribution in [-0.2, 0) is 16.6 Å². The van der Waals surface area contributed by atoms with Gasteiger partial charge in [-0.3, -0.25) is 0 Å². The summed E-state index contributed by atoms with van der Waals surface area (Å²) >= 11 is 5.84. The van der Waals surface area contributed by atoms with E-state index in [-0.39, 0.29) is 6.10 Å². The van der Waals surface area contributed by atoms with Gasteiger partial charge in [-0.1, -0.05) is 25.1 Å². The molecule has 5 heteroatoms. The molecule has 0 aromatic carbocycles. The van der Waals surface area contributed by atoms with Gasteiger partial charge in [0, 0.05) is 13.1 Å². The number of carbonyl (C=O) groups excluding carboxylic acids is 1. The molecule has 0 saturated heterocycles. The van der Waals surface area contributed by atoms with E-state index in [4.69, 9.17) is 16.3 Å². The van der Waals surface area contributed by atoms with Crippen LogP contribution < -0.4 is 0 Å². The number of ether oxygens (including phenoxy) is 1. The summed E-state index contributed by atoms with van der Waals surface area (Å²) in [5.41, 5.74) is 0. The third-order valence-electron chi connectivity index (χ3n) is 2.05. The Balaban J connectivity index is 2.87. The maximum Gasteiger partial charge on any atom is 0.330 e. The lowest BCUT2D eigenvalue weighted by Crippen LogP contribution is -2.13. The lowest BCUT2D eigenvalue weighted by atomic mass is 10.2. The number of nitrogens with zero attached hydrogens (tertiary/aromatic N) is 2. The second kappa shape index (κ2) is 4.98. The molecule has 1 unspecified atom stereocenters. The van der Waals surface area contributed by atoms with Crippen LogP contribution in [0.4, 0.5) is 0 Å². The zero-order valence-electron chi connectivity index (χ0n) is 8.74. The van der Waals surface area contributed by atoms with E-state index in [1.165, 1.54) is 6.20 Å². The summed E-state index contributed by atoms with van der Waals surface area (Å²) < 4.78 is 6.82. The SMILES string of the molecule is C=CC(=O)OC(CC)c1ncc(Cl)n1C. The molecule has 0 fully saturated rings. The minimum atomic E-state index is -0.457. The first-order chi connectivity index (χ1) is 7.10. The van der Waals surface area contributed by atoms with E-state index in [1.807, 2.05) is 6.92 Å². The van der Waals surface area contributed by atoms with Gasteiger partial charge in [-0.25, -0.2) is 9.78 Å². The highest BCUT2D eigenvalue weighted by Gasteiger charge is 2.18. The van der Waals surface area contributed by atoms with Crippen molar-refractivity contribution in [2.75, 3.05) is 0 Å². The average molecular weight is 229 g/mol. The second-order valence-electron chi connectivity index (χ2n) is 3.04. The highest BCUT2D eigenvalue weighted by atomic mass is 35.5. The fourth-order valence-electron chi connectivity index (χ4n) is 1.21. The smallest absolute Gasteiger partial charge is 0.330 e. The molecule has 1 heterocycles. The van der Waals surface area contributed by atoms with Crippen molar-refractivity contribution in [3.63, 3.8) is 0 Å². The molecule has 0 amide bonds. The summed E-state index contributed by atoms with van der Waals surface area (Å²) in [6.45, 7) is 5.25. The molecule has 0 spiro atoms. The van der Waals surface area contributed by atoms with Crippen molar-refractivity contribution >= 4 is 17.6 Å². The van der Waals surface area contributed by atoms with Crippen LogP contribution in [-0.4, -0.2) is 15.5 Å². The first-order valence-electron chi connectivity index (χ1n) is 4.60. The van der Waals surface area contributed by atoms with Crippen LogP contribution in [0, 0.1) is 0 Å². The van der Waals surface area contributed by atoms with Gasteiger partial charge in [0.2, 0.25) is 0 Å². The molecule has 0 N–H and O–H groups in total. The minimum Gasteiger partial charge on any atom is -0.451 e. The predicted molar refractivity (Wildman–Crippen MR) is 57.5 cm³/mol. The molecule has 1 atom stereocenters. The minimum absolute atomic E-state index is 0.381. The topological polar surface area (TPSA) is 44.1 Å². The van der Waals surface area contributed by atoms with Crippen LogP contribution in [0.1, 0.15) is 25.3 Å². The Kier molecular flexibility index (Phi) is 3.91. The molecule has 4 nitrogen and oxygen atoms in total. The lowest BCUT2D eigenvalue weighted by molar-refractivity contribution is -0.144. The maximum atomic E-state index is 11.1. The van der Waals surface area contributed by atoms with Crippen LogP contribution in [0.2, 0.25) is 5.15 Å². The van der Waals surface area contributed by atoms with Gasteiger partial charge in [0.15, 0.2) is 11.9 Å². The largest absolute Gasteiger partial charge is 0.451 e. The monoisotopic (exact) mass is 228 g/mol. The first kappa shape index (κ1) is 11.8. The maximum absolute atomic E-state index is 11.1. The molecule has 1 aromatic rings. The fraction of sp³-hybridized carbons (Fsp3) is 0.400. The van der Waals surface area contributed by atoms with Gasteiger partial charge in [-0.05, 0) is 6.42 Å². The van der Waals surface area contributed by atoms with E-state index in [1.54, 1.807) is 11.6 Å². The fourth-order valence-corrected chi connectivity index (χ4v) is 1.34. The first-order valence-corrected chi connectivity index (χ1v) is 4.98. The van der Waals surface area contributed by atoms with E-state index >= 15 is 0 Å². The van der Waals surface area contributed by atoms with Crippen molar-refractivity contribution in [1.29, 1.82) is 0 Å². The standard InChI is InChI=1S/C10H13ClN2O2/c1-4-7(15-9(14)5-2)10-12-6-8(11)13(10)3/h5-7H,2,4H2,1,3H3. The molecule has 82 valence electrons. The van der Waals surface area contributed by atoms with E-state index < -0.39 is 5.97 Å². The Morgan fingerprint density at radius 3 is 2.93 bits per heavy atom. The van der Waals surface area contributed by atoms with Gasteiger partial charge < -0.3 is 9.30 Å². The molecular weight excluding hydrogens is 216 g/mol. The van der Waals surface area contributed by atoms with Crippen LogP contribution in [0.15, 0.2) is 18.9 Å². The molecule has 1 rings (SSSR count). The molecule has 0 aliphatic carbocycles. The van der Waals surface area contributed by atoms with Crippen LogP contribution in [0.5, 0.6) is 0 Å². The Labute approximate surface area is 93.5 Å². The van der Waals surface area contributed by atoms with Gasteiger partial charge in [0.05, 0.1) is 6.20 Å². The molecular formula is C10H13ClN2O2. The van der Waals surface area contributed by atoms with Crippen molar-refractivity contribution in [2.24, 2.45) is 7.05 Å². The third kappa shape index (κ3) is 2.59. The number of imidazole rings is 1. The van der Waals surface area contributed by atoms with Crippen molar-refractivity contribution in [1.82, 2.24) is 9.55 Å². The van der Waals surface area contributed by atoms with Crippen LogP contribution >= 0.6 is 11.6 Å². The normalized spacial score (nSPS) is 12.2. The molecule has 0 aliphatic heterocycles. The molecule has 0 saturated carbocycles. The van der Waals surface area contributed by atoms with Gasteiger partial charge >= 0.3 is 5.97 Å². The molecule has 15 heavy (non-hydrogen) atoms. The zero-order chi connectivity index (χ0) is 11.4. The van der Waals surface area contributed by atoms with Crippen molar-refractivity contribution in [3.8, 4) is 0 Å². The summed E-state index contributed by atoms with van der Waals surface area (Å²) in [4.78, 5) is 15.2. The summed E-state index contributed by atoms with van der Waals surface area (Å²) in [5, 5.41) is 0.512. The van der Waals surface area contributed by atoms with Gasteiger partial charge in [0.25, 0.3) is 0 Å². The van der Waals surface area contributed by atoms with Gasteiger partial charge in [0.1, 0.15) is 5.15 Å². The van der Waals surface area contributed by atoms with Gasteiger partial charge in [-0.15, -0.1) is 0 Å². The molecule has 1 aromatic heterocycles. The number of hydrogen-bond acceptors (Lipinski definition) is 3. The summed E-state index contributed by atoms with van der Waals surface area (Å²) in [7, 11) is 1.77. The predicted octanol–water partition coefficient (Wildman–Crippen LogP) is 2.25. The van der Waals surface area contributed by atoms with E-state index in [0.717, 1.165) is 6.08 Å². The Hall–Kier alpha value is -1.29. The van der Waals surface area contributed by atoms with E-state index in [0.29, 0.717) is 17.4 Å². The van der Waals surface area contributed by atoms with Crippen molar-refractivity contribution < 1.29 is 9.53 Å². The Morgan fingerprint density at radius 1 is 1.87 bits per heavy atom. The van der Waals surface area contributed by atoms with Gasteiger partial charge in [-0.2, -0.15) is 0 Å². The molecule has 0 bridgehead atoms. The lowest BCUT2D eigenvalue weighted by Gasteiger charge is -2.14. The number of aromatic nitrogens is 2. The number of rotatable bonds is 4. The molecule has 0 aliphatic rings. The summed E-state index contributed by atoms with van der Waals surface area (Å²) in [5.74, 6) is 0.179. The van der Waals surface area contributed by atoms with Crippen LogP contribution in [0.25, 0.3) is 0 Å². The Morgan fingerprint density at radius 2 is 2.53 bits per heavy atom. The third-order valence-corrected chi connectivity index (χ3v) is 2.40. The van der Waals surface area contributed by atoms with E-state index in [2.05, 4.69) is 11.6 Å². The Bertz CT molecular complexity index is 373. The highest BCUT2D eigenvalue weighted by molar-refractivity contribution is 6.29. The van der Waals surface area contributed by atoms with E-state index in [9.17, 15) is 4.79 Å². The van der Waals surface area contributed by atoms with Crippen molar-refractivity contribution in [3.05, 3.63) is 29.8 Å². The molecule has 0 radical (unpaired) electrons. The number of halogens is 1. The quantitative estimate of drug-likeness (QED) is 0.587. The highest BCUT2D eigenvalue weighted by Crippen LogP contribution is 2.22. The summed E-state index contributed by atoms with van der Waals surface area (Å²) in [6, 6.07) is 0. The van der Waals surface area contributed by atoms with Crippen molar-refractivity contribution in [2.45, 2.75) is 19.4 Å². The zero-order valence-corrected chi connectivity index (χ0v) is 9.49. The number of carbonyl (C=O) groups is 1. The summed E-state index contributed by atoms with van der Waals surface area (Å²) in [6.07, 6.45) is 2.92. The number of esters is 1. The van der Waals surface area contributed by atoms with Crippen LogP contribution in [0.3, 0.4) is 0 Å². The average Bonchev–Trinajstić information content (AvgIpc) is 2.56. The second-order valence-corrected chi connectivity index (χ2v) is 3.42. The number of hydrogen-bond donors (Lipinski definition) is 0.